The van der Waals surface area contributed by atoms with Gasteiger partial charge in [-0.15, -0.1) is 0 Å². The van der Waals surface area contributed by atoms with Crippen molar-refractivity contribution in [1.29, 1.82) is 0 Å². The van der Waals surface area contributed by atoms with Crippen molar-refractivity contribution in [3.05, 3.63) is 6.54 Å². The molecule has 0 spiro atoms. The van der Waals surface area contributed by atoms with Gasteiger partial charge >= 0.3 is 19.1 Å². The molecule has 121 valence electrons. The third kappa shape index (κ3) is 14.3. The van der Waals surface area contributed by atoms with Crippen LogP contribution in [0, 0.1) is 6.54 Å². The molecule has 11 heteroatoms. The van der Waals surface area contributed by atoms with Crippen LogP contribution in [0.3, 0.4) is 0 Å². The number of nitrogens with zero attached hydrogens (tertiary/aromatic N) is 1. The average molecular weight is 330 g/mol. The van der Waals surface area contributed by atoms with Crippen molar-refractivity contribution in [2.75, 3.05) is 19.6 Å². The van der Waals surface area contributed by atoms with E-state index in [0.717, 1.165) is 6.42 Å². The summed E-state index contributed by atoms with van der Waals surface area (Å²) >= 11 is 0. The lowest BCUT2D eigenvalue weighted by Gasteiger charge is -2.22. The molecule has 0 aliphatic heterocycles. The number of hydrogen-bond acceptors (Lipinski definition) is 7. The van der Waals surface area contributed by atoms with Crippen LogP contribution >= 0.6 is 0 Å². The number of rotatable bonds is 12. The second-order valence-corrected chi connectivity index (χ2v) is 7.61. The Balaban J connectivity index is 3.81. The van der Waals surface area contributed by atoms with Crippen molar-refractivity contribution in [3.63, 3.8) is 0 Å². The summed E-state index contributed by atoms with van der Waals surface area (Å²) in [6.07, 6.45) is 1.67. The first-order chi connectivity index (χ1) is 9.14. The summed E-state index contributed by atoms with van der Waals surface area (Å²) in [5, 5.41) is 1.76. The van der Waals surface area contributed by atoms with Gasteiger partial charge in [0.2, 0.25) is 0 Å². The molecule has 9 nitrogen and oxygen atoms in total. The van der Waals surface area contributed by atoms with Crippen LogP contribution in [0.15, 0.2) is 0 Å². The summed E-state index contributed by atoms with van der Waals surface area (Å²) in [5.41, 5.74) is 3.02. The van der Waals surface area contributed by atoms with E-state index in [1.165, 1.54) is 0 Å². The summed E-state index contributed by atoms with van der Waals surface area (Å²) in [6, 6.07) is -0.0374. The van der Waals surface area contributed by atoms with Crippen LogP contribution in [0.2, 0.25) is 6.04 Å². The molecule has 20 heavy (non-hydrogen) atoms. The SMILES string of the molecule is CCCN([CH]CCNS(=O)(=O)O)NCCC[Si](O)(O)O. The Morgan fingerprint density at radius 1 is 1.25 bits per heavy atom. The largest absolute Gasteiger partial charge is 0.492 e. The lowest BCUT2D eigenvalue weighted by atomic mass is 10.4. The Hall–Kier alpha value is -0.113. The normalized spacial score (nSPS) is 13.1. The van der Waals surface area contributed by atoms with E-state index < -0.39 is 19.1 Å². The van der Waals surface area contributed by atoms with Crippen LogP contribution in [0.5, 0.6) is 0 Å². The van der Waals surface area contributed by atoms with E-state index in [9.17, 15) is 8.42 Å². The van der Waals surface area contributed by atoms with Gasteiger partial charge in [-0.1, -0.05) is 6.92 Å². The fraction of sp³-hybridized carbons (Fsp3) is 0.889. The quantitative estimate of drug-likeness (QED) is 0.109. The lowest BCUT2D eigenvalue weighted by Crippen LogP contribution is -2.40. The van der Waals surface area contributed by atoms with Crippen LogP contribution in [-0.4, -0.2) is 60.8 Å². The van der Waals surface area contributed by atoms with Gasteiger partial charge in [-0.05, 0) is 19.3 Å². The highest BCUT2D eigenvalue weighted by molar-refractivity contribution is 7.83. The molecule has 0 aromatic heterocycles. The minimum Gasteiger partial charge on any atom is -0.390 e. The third-order valence-corrected chi connectivity index (χ3v) is 3.84. The zero-order valence-electron chi connectivity index (χ0n) is 11.5. The standard InChI is InChI=1S/C9H24N3O6SSi/c1-2-7-12(8-3-6-11-19(13,14)15)10-5-4-9-20(16,17)18/h8,10-11,16-18H,2-7,9H2,1H3,(H,13,14,15). The lowest BCUT2D eigenvalue weighted by molar-refractivity contribution is 0.213. The molecule has 0 fully saturated rings. The van der Waals surface area contributed by atoms with Crippen LogP contribution < -0.4 is 10.1 Å². The zero-order chi connectivity index (χ0) is 15.6. The number of hydrazine groups is 1. The van der Waals surface area contributed by atoms with Gasteiger partial charge in [-0.3, -0.25) is 9.98 Å². The van der Waals surface area contributed by atoms with Crippen LogP contribution in [0.25, 0.3) is 0 Å². The number of hydrogen-bond donors (Lipinski definition) is 6. The Bertz CT molecular complexity index is 348. The second kappa shape index (κ2) is 9.76. The molecule has 0 rings (SSSR count). The van der Waals surface area contributed by atoms with Crippen LogP contribution in [0.1, 0.15) is 26.2 Å². The Labute approximate surface area is 120 Å². The van der Waals surface area contributed by atoms with E-state index in [4.69, 9.17) is 18.9 Å². The van der Waals surface area contributed by atoms with E-state index in [2.05, 4.69) is 5.43 Å². The highest BCUT2D eigenvalue weighted by atomic mass is 32.2. The minimum atomic E-state index is -4.16. The molecule has 0 heterocycles. The van der Waals surface area contributed by atoms with Gasteiger partial charge in [0.25, 0.3) is 0 Å². The highest BCUT2D eigenvalue weighted by Gasteiger charge is 2.25. The molecule has 0 aromatic rings. The predicted molar refractivity (Wildman–Crippen MR) is 75.3 cm³/mol. The Morgan fingerprint density at radius 3 is 2.40 bits per heavy atom. The molecular formula is C9H24N3O6SSi. The first-order valence-electron chi connectivity index (χ1n) is 6.36. The molecule has 1 radical (unpaired) electrons. The van der Waals surface area contributed by atoms with E-state index in [-0.39, 0.29) is 12.6 Å². The third-order valence-electron chi connectivity index (χ3n) is 2.25. The molecule has 0 amide bonds. The monoisotopic (exact) mass is 330 g/mol. The summed E-state index contributed by atoms with van der Waals surface area (Å²) in [5.74, 6) is 0. The summed E-state index contributed by atoms with van der Waals surface area (Å²) in [7, 11) is -8.13. The fourth-order valence-electron chi connectivity index (χ4n) is 1.43. The minimum absolute atomic E-state index is 0.0374. The maximum Gasteiger partial charge on any atom is 0.492 e. The maximum absolute atomic E-state index is 10.4. The molecule has 0 aliphatic rings. The van der Waals surface area contributed by atoms with Gasteiger partial charge < -0.3 is 14.4 Å². The molecule has 0 aliphatic carbocycles. The van der Waals surface area contributed by atoms with E-state index in [1.807, 2.05) is 11.6 Å². The van der Waals surface area contributed by atoms with Crippen LogP contribution in [0.4, 0.5) is 0 Å². The Kier molecular flexibility index (Phi) is 9.70. The zero-order valence-corrected chi connectivity index (χ0v) is 13.3. The van der Waals surface area contributed by atoms with Gasteiger partial charge in [0.1, 0.15) is 0 Å². The molecule has 0 bridgehead atoms. The summed E-state index contributed by atoms with van der Waals surface area (Å²) < 4.78 is 31.3. The molecule has 0 unspecified atom stereocenters. The summed E-state index contributed by atoms with van der Waals surface area (Å²) in [6.45, 7) is 4.96. The molecular weight excluding hydrogens is 306 g/mol. The van der Waals surface area contributed by atoms with Gasteiger partial charge in [-0.25, -0.2) is 5.01 Å². The van der Waals surface area contributed by atoms with E-state index in [1.54, 1.807) is 11.6 Å². The van der Waals surface area contributed by atoms with Crippen molar-refractivity contribution in [3.8, 4) is 0 Å². The molecule has 0 saturated heterocycles. The van der Waals surface area contributed by atoms with Crippen molar-refractivity contribution in [2.24, 2.45) is 0 Å². The average Bonchev–Trinajstić information content (AvgIpc) is 2.27. The molecule has 0 saturated carbocycles. The Morgan fingerprint density at radius 2 is 1.90 bits per heavy atom. The predicted octanol–water partition coefficient (Wildman–Crippen LogP) is -1.55. The van der Waals surface area contributed by atoms with Gasteiger partial charge in [0.05, 0.1) is 0 Å². The fourth-order valence-corrected chi connectivity index (χ4v) is 2.46. The van der Waals surface area contributed by atoms with Gasteiger partial charge in [-0.2, -0.15) is 13.1 Å². The second-order valence-electron chi connectivity index (χ2n) is 4.32. The topological polar surface area (TPSA) is 142 Å². The molecule has 6 N–H and O–H groups in total. The van der Waals surface area contributed by atoms with E-state index >= 15 is 0 Å². The van der Waals surface area contributed by atoms with Gasteiger partial charge in [0.15, 0.2) is 0 Å². The molecule has 0 aromatic carbocycles. The van der Waals surface area contributed by atoms with Crippen LogP contribution in [-0.2, 0) is 10.3 Å². The first kappa shape index (κ1) is 19.9. The highest BCUT2D eigenvalue weighted by Crippen LogP contribution is 2.01. The number of nitrogens with one attached hydrogen (secondary N) is 2. The smallest absolute Gasteiger partial charge is 0.390 e. The van der Waals surface area contributed by atoms with Crippen molar-refractivity contribution in [2.45, 2.75) is 32.2 Å². The van der Waals surface area contributed by atoms with Crippen molar-refractivity contribution in [1.82, 2.24) is 15.2 Å². The first-order valence-corrected chi connectivity index (χ1v) is 9.85. The van der Waals surface area contributed by atoms with Crippen molar-refractivity contribution < 1.29 is 27.4 Å². The van der Waals surface area contributed by atoms with Crippen molar-refractivity contribution >= 4 is 19.1 Å². The summed E-state index contributed by atoms with van der Waals surface area (Å²) in [4.78, 5) is 26.5. The van der Waals surface area contributed by atoms with E-state index in [0.29, 0.717) is 25.9 Å². The van der Waals surface area contributed by atoms with Gasteiger partial charge in [0, 0.05) is 32.2 Å². The molecule has 0 atom stereocenters. The maximum atomic E-state index is 10.4.